The number of hydrogen-bond acceptors (Lipinski definition) is 4. The molecule has 0 aliphatic rings. The van der Waals surface area contributed by atoms with Gasteiger partial charge in [0.15, 0.2) is 0 Å². The molecule has 0 heterocycles. The predicted octanol–water partition coefficient (Wildman–Crippen LogP) is 8.17. The minimum Gasteiger partial charge on any atom is -0.465 e. The average Bonchev–Trinajstić information content (AvgIpc) is 2.76. The topological polar surface area (TPSA) is 52.6 Å². The lowest BCUT2D eigenvalue weighted by atomic mass is 9.90. The van der Waals surface area contributed by atoms with Gasteiger partial charge < -0.3 is 9.47 Å². The molecule has 0 bridgehead atoms. The average molecular weight is 602 g/mol. The molecule has 0 saturated carbocycles. The van der Waals surface area contributed by atoms with E-state index in [0.717, 1.165) is 6.42 Å². The first-order valence-corrected chi connectivity index (χ1v) is 11.6. The number of carbonyl (C=O) groups is 2. The van der Waals surface area contributed by atoms with Crippen LogP contribution in [0.1, 0.15) is 74.7 Å². The molecule has 0 aromatic heterocycles. The van der Waals surface area contributed by atoms with Crippen molar-refractivity contribution in [2.75, 3.05) is 6.61 Å². The van der Waals surface area contributed by atoms with E-state index in [1.54, 1.807) is 0 Å². The van der Waals surface area contributed by atoms with E-state index < -0.39 is 60.5 Å². The van der Waals surface area contributed by atoms with Crippen molar-refractivity contribution in [3.05, 3.63) is 0 Å². The number of halogens is 12. The zero-order chi connectivity index (χ0) is 32.1. The second-order valence-electron chi connectivity index (χ2n) is 10.3. The Morgan fingerprint density at radius 3 is 1.51 bits per heavy atom. The summed E-state index contributed by atoms with van der Waals surface area (Å²) < 4.78 is 165. The first-order valence-electron chi connectivity index (χ1n) is 11.6. The highest BCUT2D eigenvalue weighted by Crippen LogP contribution is 2.58. The van der Waals surface area contributed by atoms with Crippen LogP contribution in [0.25, 0.3) is 0 Å². The summed E-state index contributed by atoms with van der Waals surface area (Å²) in [6, 6.07) is 0. The SMILES string of the molecule is CCC(C)(C)C(=O)OCCC(F)(F)C(F)(F)C(F)(F)C(F)(F)C(F)(F)C(F)F.CCC(C)C(=O)OC(C)(C)C. The van der Waals surface area contributed by atoms with E-state index in [0.29, 0.717) is 0 Å². The summed E-state index contributed by atoms with van der Waals surface area (Å²) in [4.78, 5) is 22.7. The van der Waals surface area contributed by atoms with Gasteiger partial charge in [0.2, 0.25) is 0 Å². The molecule has 1 unspecified atom stereocenters. The Bertz CT molecular complexity index is 805. The van der Waals surface area contributed by atoms with Crippen molar-refractivity contribution >= 4 is 11.9 Å². The van der Waals surface area contributed by atoms with E-state index in [1.165, 1.54) is 20.8 Å². The van der Waals surface area contributed by atoms with Crippen LogP contribution in [0.4, 0.5) is 52.7 Å². The highest BCUT2D eigenvalue weighted by atomic mass is 19.4. The first kappa shape index (κ1) is 39.2. The van der Waals surface area contributed by atoms with Crippen molar-refractivity contribution in [2.24, 2.45) is 11.3 Å². The van der Waals surface area contributed by atoms with Gasteiger partial charge in [-0.2, -0.15) is 43.9 Å². The van der Waals surface area contributed by atoms with E-state index in [9.17, 15) is 62.3 Å². The summed E-state index contributed by atoms with van der Waals surface area (Å²) in [5.74, 6) is -36.7. The third kappa shape index (κ3) is 9.32. The lowest BCUT2D eigenvalue weighted by molar-refractivity contribution is -0.413. The Morgan fingerprint density at radius 2 is 1.18 bits per heavy atom. The molecule has 0 fully saturated rings. The molecule has 234 valence electrons. The number of esters is 2. The highest BCUT2D eigenvalue weighted by Gasteiger charge is 2.87. The molecule has 0 rings (SSSR count). The van der Waals surface area contributed by atoms with Crippen molar-refractivity contribution in [2.45, 2.75) is 116 Å². The Balaban J connectivity index is 0. The Hall–Kier alpha value is -1.90. The van der Waals surface area contributed by atoms with Gasteiger partial charge in [-0.3, -0.25) is 9.59 Å². The van der Waals surface area contributed by atoms with Gasteiger partial charge in [0.05, 0.1) is 24.4 Å². The van der Waals surface area contributed by atoms with Gasteiger partial charge in [-0.15, -0.1) is 0 Å². The predicted molar refractivity (Wildman–Crippen MR) is 116 cm³/mol. The second kappa shape index (κ2) is 13.2. The normalized spacial score (nSPS) is 14.9. The largest absolute Gasteiger partial charge is 0.465 e. The third-order valence-corrected chi connectivity index (χ3v) is 5.45. The molecule has 0 aromatic carbocycles. The van der Waals surface area contributed by atoms with E-state index in [2.05, 4.69) is 4.74 Å². The van der Waals surface area contributed by atoms with Crippen LogP contribution in [-0.4, -0.2) is 60.2 Å². The maximum absolute atomic E-state index is 13.5. The summed E-state index contributed by atoms with van der Waals surface area (Å²) in [7, 11) is 0. The van der Waals surface area contributed by atoms with E-state index in [1.807, 2.05) is 34.6 Å². The van der Waals surface area contributed by atoms with Gasteiger partial charge in [0.1, 0.15) is 5.60 Å². The van der Waals surface area contributed by atoms with Crippen LogP contribution in [0.5, 0.6) is 0 Å². The molecule has 4 nitrogen and oxygen atoms in total. The van der Waals surface area contributed by atoms with E-state index >= 15 is 0 Å². The van der Waals surface area contributed by atoms with Crippen molar-refractivity contribution in [3.63, 3.8) is 0 Å². The van der Waals surface area contributed by atoms with Gasteiger partial charge >= 0.3 is 48.0 Å². The first-order chi connectivity index (χ1) is 17.0. The fourth-order valence-corrected chi connectivity index (χ4v) is 2.11. The second-order valence-corrected chi connectivity index (χ2v) is 10.3. The van der Waals surface area contributed by atoms with Crippen LogP contribution in [-0.2, 0) is 19.1 Å². The maximum atomic E-state index is 13.5. The van der Waals surface area contributed by atoms with Crippen molar-refractivity contribution in [1.82, 2.24) is 0 Å². The molecule has 0 saturated heterocycles. The fraction of sp³-hybridized carbons (Fsp3) is 0.913. The van der Waals surface area contributed by atoms with Gasteiger partial charge in [0, 0.05) is 0 Å². The third-order valence-electron chi connectivity index (χ3n) is 5.45. The van der Waals surface area contributed by atoms with Crippen LogP contribution in [0, 0.1) is 11.3 Å². The van der Waals surface area contributed by atoms with Crippen molar-refractivity contribution in [1.29, 1.82) is 0 Å². The standard InChI is InChI=1S/C14H16F12O2.C9H18O2/c1-4-9(2,3)8(27)28-6-5-10(17,18)12(21,22)14(25,26)13(23,24)11(19,20)7(15)16;1-6-7(2)8(10)11-9(3,4)5/h7H,4-6H2,1-3H3;7H,6H2,1-5H3. The molecule has 1 atom stereocenters. The molecule has 0 aromatic rings. The van der Waals surface area contributed by atoms with Crippen molar-refractivity contribution in [3.8, 4) is 0 Å². The number of hydrogen-bond donors (Lipinski definition) is 0. The van der Waals surface area contributed by atoms with Crippen molar-refractivity contribution < 1.29 is 71.7 Å². The van der Waals surface area contributed by atoms with Gasteiger partial charge in [0.25, 0.3) is 0 Å². The number of ether oxygens (including phenoxy) is 2. The summed E-state index contributed by atoms with van der Waals surface area (Å²) in [6.07, 6.45) is -7.08. The maximum Gasteiger partial charge on any atom is 0.384 e. The molecule has 0 aliphatic heterocycles. The molecule has 0 amide bonds. The fourth-order valence-electron chi connectivity index (χ4n) is 2.11. The summed E-state index contributed by atoms with van der Waals surface area (Å²) in [5.41, 5.74) is -1.63. The smallest absolute Gasteiger partial charge is 0.384 e. The monoisotopic (exact) mass is 602 g/mol. The summed E-state index contributed by atoms with van der Waals surface area (Å²) >= 11 is 0. The molecule has 0 aliphatic carbocycles. The zero-order valence-electron chi connectivity index (χ0n) is 22.7. The van der Waals surface area contributed by atoms with Crippen LogP contribution in [0.2, 0.25) is 0 Å². The van der Waals surface area contributed by atoms with Crippen LogP contribution < -0.4 is 0 Å². The lowest BCUT2D eigenvalue weighted by Crippen LogP contribution is -2.68. The molecule has 39 heavy (non-hydrogen) atoms. The molecule has 0 spiro atoms. The van der Waals surface area contributed by atoms with Crippen LogP contribution in [0.3, 0.4) is 0 Å². The van der Waals surface area contributed by atoms with E-state index in [4.69, 9.17) is 4.74 Å². The van der Waals surface area contributed by atoms with Gasteiger partial charge in [-0.25, -0.2) is 8.78 Å². The van der Waals surface area contributed by atoms with Crippen LogP contribution >= 0.6 is 0 Å². The number of carbonyl (C=O) groups excluding carboxylic acids is 2. The number of rotatable bonds is 12. The van der Waals surface area contributed by atoms with Gasteiger partial charge in [-0.05, 0) is 47.5 Å². The highest BCUT2D eigenvalue weighted by molar-refractivity contribution is 5.75. The Labute approximate surface area is 218 Å². The van der Waals surface area contributed by atoms with Gasteiger partial charge in [-0.1, -0.05) is 20.8 Å². The molecule has 0 N–H and O–H groups in total. The molecular formula is C23H34F12O4. The summed E-state index contributed by atoms with van der Waals surface area (Å²) in [5, 5.41) is 0. The van der Waals surface area contributed by atoms with Crippen LogP contribution in [0.15, 0.2) is 0 Å². The Kier molecular flexibility index (Phi) is 13.3. The Morgan fingerprint density at radius 1 is 0.744 bits per heavy atom. The molecule has 16 heteroatoms. The molecule has 0 radical (unpaired) electrons. The summed E-state index contributed by atoms with van der Waals surface area (Å²) in [6.45, 7) is 11.8. The quantitative estimate of drug-likeness (QED) is 0.167. The van der Waals surface area contributed by atoms with E-state index in [-0.39, 0.29) is 23.9 Å². The number of alkyl halides is 12. The minimum absolute atomic E-state index is 0.0224. The minimum atomic E-state index is -7.57. The zero-order valence-corrected chi connectivity index (χ0v) is 22.7. The molecular weight excluding hydrogens is 568 g/mol. The lowest BCUT2D eigenvalue weighted by Gasteiger charge is -2.39.